The van der Waals surface area contributed by atoms with Crippen LogP contribution >= 0.6 is 12.3 Å². The van der Waals surface area contributed by atoms with Gasteiger partial charge in [-0.3, -0.25) is 4.72 Å². The molecule has 96 valence electrons. The Morgan fingerprint density at radius 2 is 1.78 bits per heavy atom. The highest BCUT2D eigenvalue weighted by molar-refractivity contribution is 7.92. The van der Waals surface area contributed by atoms with Crippen molar-refractivity contribution in [1.29, 1.82) is 0 Å². The lowest BCUT2D eigenvalue weighted by molar-refractivity contribution is 0.897. The molecule has 0 saturated heterocycles. The van der Waals surface area contributed by atoms with E-state index >= 15 is 0 Å². The predicted molar refractivity (Wildman–Crippen MR) is 73.6 cm³/mol. The van der Waals surface area contributed by atoms with E-state index in [2.05, 4.69) is 15.8 Å². The monoisotopic (exact) mass is 265 g/mol. The Bertz CT molecular complexity index is 481. The highest BCUT2D eigenvalue weighted by Crippen LogP contribution is 2.40. The van der Waals surface area contributed by atoms with Crippen LogP contribution in [-0.2, 0) is 25.7 Å². The van der Waals surface area contributed by atoms with Gasteiger partial charge in [0.15, 0.2) is 12.3 Å². The second-order valence-corrected chi connectivity index (χ2v) is 5.24. The summed E-state index contributed by atoms with van der Waals surface area (Å²) in [6.45, 7) is 0. The molecule has 0 amide bonds. The number of aryl methyl sites for hydroxylation is 2. The van der Waals surface area contributed by atoms with Gasteiger partial charge in [-0.1, -0.05) is 6.07 Å². The number of halogens is 1. The van der Waals surface area contributed by atoms with Gasteiger partial charge in [0, 0.05) is 0 Å². The SMILES string of the molecule is NC(=Nc1c2c(cc3c1CCC3)CCC2)NSF. The topological polar surface area (TPSA) is 50.4 Å². The third-order valence-corrected chi connectivity index (χ3v) is 4.10. The summed E-state index contributed by atoms with van der Waals surface area (Å²) < 4.78 is 14.5. The van der Waals surface area contributed by atoms with Crippen molar-refractivity contribution in [2.24, 2.45) is 10.7 Å². The number of nitrogens with zero attached hydrogens (tertiary/aromatic N) is 1. The number of benzene rings is 1. The minimum absolute atomic E-state index is 0.0103. The summed E-state index contributed by atoms with van der Waals surface area (Å²) in [5, 5.41) is 0. The lowest BCUT2D eigenvalue weighted by Crippen LogP contribution is -2.24. The van der Waals surface area contributed by atoms with Gasteiger partial charge < -0.3 is 5.73 Å². The number of fused-ring (bicyclic) bond motifs is 2. The molecule has 2 aliphatic rings. The molecule has 0 saturated carbocycles. The maximum Gasteiger partial charge on any atom is 0.205 e. The summed E-state index contributed by atoms with van der Waals surface area (Å²) in [5.74, 6) is 0.150. The van der Waals surface area contributed by atoms with Crippen molar-refractivity contribution in [3.05, 3.63) is 28.3 Å². The molecule has 3 nitrogen and oxygen atoms in total. The first-order chi connectivity index (χ1) is 8.79. The molecule has 0 unspecified atom stereocenters. The lowest BCUT2D eigenvalue weighted by atomic mass is 9.99. The van der Waals surface area contributed by atoms with Crippen LogP contribution in [0.15, 0.2) is 11.1 Å². The first-order valence-corrected chi connectivity index (χ1v) is 7.05. The molecule has 0 bridgehead atoms. The molecule has 0 aromatic heterocycles. The highest BCUT2D eigenvalue weighted by Gasteiger charge is 2.23. The van der Waals surface area contributed by atoms with Crippen LogP contribution in [0.4, 0.5) is 9.57 Å². The Morgan fingerprint density at radius 1 is 1.17 bits per heavy atom. The third-order valence-electron chi connectivity index (χ3n) is 3.82. The average Bonchev–Trinajstić information content (AvgIpc) is 2.96. The van der Waals surface area contributed by atoms with Crippen LogP contribution < -0.4 is 10.5 Å². The van der Waals surface area contributed by atoms with Crippen molar-refractivity contribution in [3.63, 3.8) is 0 Å². The molecular formula is C13H16FN3S. The number of hydrogen-bond acceptors (Lipinski definition) is 2. The maximum absolute atomic E-state index is 12.1. The predicted octanol–water partition coefficient (Wildman–Crippen LogP) is 2.73. The summed E-state index contributed by atoms with van der Waals surface area (Å²) in [5.41, 5.74) is 12.2. The van der Waals surface area contributed by atoms with Gasteiger partial charge in [-0.15, -0.1) is 3.89 Å². The van der Waals surface area contributed by atoms with Gasteiger partial charge in [-0.05, 0) is 60.8 Å². The van der Waals surface area contributed by atoms with Crippen LogP contribution in [0.5, 0.6) is 0 Å². The summed E-state index contributed by atoms with van der Waals surface area (Å²) in [6, 6.07) is 2.34. The molecule has 0 atom stereocenters. The number of aliphatic imine (C=N–C) groups is 1. The van der Waals surface area contributed by atoms with Crippen molar-refractivity contribution in [1.82, 2.24) is 4.72 Å². The van der Waals surface area contributed by atoms with Crippen molar-refractivity contribution >= 4 is 24.0 Å². The van der Waals surface area contributed by atoms with Crippen LogP contribution in [-0.4, -0.2) is 5.96 Å². The fraction of sp³-hybridized carbons (Fsp3) is 0.462. The second kappa shape index (κ2) is 4.80. The average molecular weight is 265 g/mol. The van der Waals surface area contributed by atoms with Crippen molar-refractivity contribution in [3.8, 4) is 0 Å². The second-order valence-electron chi connectivity index (χ2n) is 4.88. The van der Waals surface area contributed by atoms with Gasteiger partial charge in [0.1, 0.15) is 0 Å². The summed E-state index contributed by atoms with van der Waals surface area (Å²) in [4.78, 5) is 4.41. The minimum Gasteiger partial charge on any atom is -0.369 e. The molecule has 1 aromatic carbocycles. The van der Waals surface area contributed by atoms with Gasteiger partial charge in [0.05, 0.1) is 5.69 Å². The van der Waals surface area contributed by atoms with E-state index in [1.807, 2.05) is 0 Å². The third kappa shape index (κ3) is 1.96. The molecule has 0 spiro atoms. The van der Waals surface area contributed by atoms with Crippen LogP contribution in [0.25, 0.3) is 0 Å². The molecule has 0 heterocycles. The molecule has 0 aliphatic heterocycles. The van der Waals surface area contributed by atoms with E-state index in [0.717, 1.165) is 31.4 Å². The van der Waals surface area contributed by atoms with Crippen LogP contribution in [0.2, 0.25) is 0 Å². The van der Waals surface area contributed by atoms with E-state index in [9.17, 15) is 3.89 Å². The number of nitrogens with two attached hydrogens (primary N) is 1. The quantitative estimate of drug-likeness (QED) is 0.491. The summed E-state index contributed by atoms with van der Waals surface area (Å²) >= 11 is -0.0103. The lowest BCUT2D eigenvalue weighted by Gasteiger charge is -2.11. The van der Waals surface area contributed by atoms with E-state index in [0.29, 0.717) is 0 Å². The minimum atomic E-state index is -0.0103. The van der Waals surface area contributed by atoms with Gasteiger partial charge in [-0.25, -0.2) is 4.99 Å². The molecule has 0 fully saturated rings. The number of hydrogen-bond donors (Lipinski definition) is 2. The molecule has 1 aromatic rings. The molecule has 3 N–H and O–H groups in total. The number of nitrogens with one attached hydrogen (secondary N) is 1. The number of rotatable bonds is 2. The van der Waals surface area contributed by atoms with Crippen molar-refractivity contribution in [2.75, 3.05) is 0 Å². The Kier molecular flexibility index (Phi) is 3.16. The van der Waals surface area contributed by atoms with Gasteiger partial charge in [-0.2, -0.15) is 0 Å². The first-order valence-electron chi connectivity index (χ1n) is 6.34. The van der Waals surface area contributed by atoms with E-state index in [1.165, 1.54) is 35.1 Å². The van der Waals surface area contributed by atoms with E-state index in [-0.39, 0.29) is 18.3 Å². The number of guanidine groups is 1. The van der Waals surface area contributed by atoms with Crippen molar-refractivity contribution < 1.29 is 3.89 Å². The zero-order valence-electron chi connectivity index (χ0n) is 10.1. The normalized spacial score (nSPS) is 17.7. The van der Waals surface area contributed by atoms with E-state index in [4.69, 9.17) is 5.73 Å². The Balaban J connectivity index is 2.09. The van der Waals surface area contributed by atoms with Crippen LogP contribution in [0.3, 0.4) is 0 Å². The van der Waals surface area contributed by atoms with Gasteiger partial charge in [0.2, 0.25) is 5.96 Å². The fourth-order valence-electron chi connectivity index (χ4n) is 3.10. The molecule has 0 radical (unpaired) electrons. The van der Waals surface area contributed by atoms with E-state index < -0.39 is 0 Å². The van der Waals surface area contributed by atoms with E-state index in [1.54, 1.807) is 0 Å². The fourth-order valence-corrected chi connectivity index (χ4v) is 3.23. The summed E-state index contributed by atoms with van der Waals surface area (Å²) in [6.07, 6.45) is 6.78. The Labute approximate surface area is 110 Å². The molecule has 3 rings (SSSR count). The summed E-state index contributed by atoms with van der Waals surface area (Å²) in [7, 11) is 0. The zero-order valence-corrected chi connectivity index (χ0v) is 10.9. The van der Waals surface area contributed by atoms with Crippen LogP contribution in [0, 0.1) is 0 Å². The Hall–Kier alpha value is -1.23. The van der Waals surface area contributed by atoms with Gasteiger partial charge >= 0.3 is 0 Å². The molecular weight excluding hydrogens is 249 g/mol. The Morgan fingerprint density at radius 3 is 2.33 bits per heavy atom. The molecule has 5 heteroatoms. The van der Waals surface area contributed by atoms with Crippen LogP contribution in [0.1, 0.15) is 35.1 Å². The standard InChI is InChI=1S/C13H16FN3S/c14-18-17-13(15)16-12-10-5-1-3-8(10)7-9-4-2-6-11(9)12/h7H,1-6H2,(H3,15,16,17). The highest BCUT2D eigenvalue weighted by atomic mass is 32.2. The first kappa shape index (κ1) is 11.8. The zero-order chi connectivity index (χ0) is 12.5. The largest absolute Gasteiger partial charge is 0.369 e. The molecule has 2 aliphatic carbocycles. The smallest absolute Gasteiger partial charge is 0.205 e. The maximum atomic E-state index is 12.1. The van der Waals surface area contributed by atoms with Gasteiger partial charge in [0.25, 0.3) is 0 Å². The molecule has 18 heavy (non-hydrogen) atoms. The van der Waals surface area contributed by atoms with Crippen molar-refractivity contribution in [2.45, 2.75) is 38.5 Å².